The number of nitro groups is 1. The van der Waals surface area contributed by atoms with Crippen LogP contribution in [-0.4, -0.2) is 25.7 Å². The van der Waals surface area contributed by atoms with Gasteiger partial charge >= 0.3 is 0 Å². The highest BCUT2D eigenvalue weighted by atomic mass is 32.2. The van der Waals surface area contributed by atoms with Crippen LogP contribution >= 0.6 is 11.8 Å². The molecule has 2 aromatic heterocycles. The van der Waals surface area contributed by atoms with Gasteiger partial charge in [-0.15, -0.1) is 0 Å². The Morgan fingerprint density at radius 2 is 1.88 bits per heavy atom. The van der Waals surface area contributed by atoms with Gasteiger partial charge in [0.1, 0.15) is 11.0 Å². The van der Waals surface area contributed by atoms with Crippen LogP contribution in [0.5, 0.6) is 0 Å². The zero-order valence-corrected chi connectivity index (χ0v) is 13.9. The lowest BCUT2D eigenvalue weighted by atomic mass is 10.2. The molecule has 0 radical (unpaired) electrons. The monoisotopic (exact) mass is 352 g/mol. The molecule has 0 saturated heterocycles. The Bertz CT molecular complexity index is 1180. The Balaban J connectivity index is 2.03. The summed E-state index contributed by atoms with van der Waals surface area (Å²) in [6, 6.07) is 13.5. The molecular formula is C17H12N4O3S. The lowest BCUT2D eigenvalue weighted by Crippen LogP contribution is -2.21. The third kappa shape index (κ3) is 2.38. The second kappa shape index (κ2) is 5.75. The minimum Gasteiger partial charge on any atom is -0.349 e. The van der Waals surface area contributed by atoms with E-state index in [0.717, 1.165) is 10.9 Å². The van der Waals surface area contributed by atoms with Crippen molar-refractivity contribution in [3.8, 4) is 5.69 Å². The average molecular weight is 352 g/mol. The van der Waals surface area contributed by atoms with Gasteiger partial charge in [-0.2, -0.15) is 0 Å². The van der Waals surface area contributed by atoms with E-state index in [9.17, 15) is 14.9 Å². The second-order valence-corrected chi connectivity index (χ2v) is 6.18. The quantitative estimate of drug-likeness (QED) is 0.264. The van der Waals surface area contributed by atoms with Gasteiger partial charge in [0.05, 0.1) is 10.6 Å². The summed E-state index contributed by atoms with van der Waals surface area (Å²) >= 11 is 1.35. The maximum atomic E-state index is 13.0. The van der Waals surface area contributed by atoms with Crippen molar-refractivity contribution in [1.82, 2.24) is 14.5 Å². The van der Waals surface area contributed by atoms with Crippen molar-refractivity contribution in [3.05, 3.63) is 69.0 Å². The topological polar surface area (TPSA) is 93.8 Å². The molecule has 0 aliphatic carbocycles. The van der Waals surface area contributed by atoms with Gasteiger partial charge in [-0.1, -0.05) is 30.0 Å². The Labute approximate surface area is 145 Å². The van der Waals surface area contributed by atoms with E-state index >= 15 is 0 Å². The van der Waals surface area contributed by atoms with E-state index in [1.807, 2.05) is 30.5 Å². The molecule has 0 spiro atoms. The van der Waals surface area contributed by atoms with Gasteiger partial charge in [0.25, 0.3) is 11.2 Å². The number of nitrogens with one attached hydrogen (secondary N) is 1. The molecule has 2 aromatic carbocycles. The molecule has 0 fully saturated rings. The summed E-state index contributed by atoms with van der Waals surface area (Å²) in [5.41, 5.74) is 2.16. The molecule has 7 nitrogen and oxygen atoms in total. The molecule has 0 aliphatic heterocycles. The summed E-state index contributed by atoms with van der Waals surface area (Å²) < 4.78 is 1.46. The number of non-ortho nitro benzene ring substituents is 1. The van der Waals surface area contributed by atoms with E-state index in [1.165, 1.54) is 28.5 Å². The van der Waals surface area contributed by atoms with Gasteiger partial charge in [-0.05, 0) is 24.5 Å². The molecule has 4 aromatic rings. The molecule has 25 heavy (non-hydrogen) atoms. The number of fused-ring (bicyclic) bond motifs is 3. The van der Waals surface area contributed by atoms with Gasteiger partial charge in [0.2, 0.25) is 0 Å². The number of para-hydroxylation sites is 1. The minimum atomic E-state index is -0.471. The summed E-state index contributed by atoms with van der Waals surface area (Å²) in [6.45, 7) is 0. The highest BCUT2D eigenvalue weighted by Crippen LogP contribution is 2.25. The largest absolute Gasteiger partial charge is 0.349 e. The number of hydrogen-bond donors (Lipinski definition) is 1. The third-order valence-electron chi connectivity index (χ3n) is 4.00. The van der Waals surface area contributed by atoms with Crippen LogP contribution in [0.1, 0.15) is 0 Å². The van der Waals surface area contributed by atoms with Crippen molar-refractivity contribution in [2.75, 3.05) is 6.26 Å². The maximum Gasteiger partial charge on any atom is 0.283 e. The molecule has 0 amide bonds. The van der Waals surface area contributed by atoms with Crippen molar-refractivity contribution >= 4 is 39.4 Å². The molecule has 0 bridgehead atoms. The van der Waals surface area contributed by atoms with Crippen LogP contribution in [0.15, 0.2) is 58.5 Å². The number of hydrogen-bond acceptors (Lipinski definition) is 5. The lowest BCUT2D eigenvalue weighted by Gasteiger charge is -2.10. The van der Waals surface area contributed by atoms with E-state index in [0.29, 0.717) is 21.9 Å². The van der Waals surface area contributed by atoms with Gasteiger partial charge in [-0.3, -0.25) is 19.5 Å². The van der Waals surface area contributed by atoms with Gasteiger partial charge in [0.15, 0.2) is 5.16 Å². The maximum absolute atomic E-state index is 13.0. The van der Waals surface area contributed by atoms with Crippen molar-refractivity contribution in [1.29, 1.82) is 0 Å². The number of H-pyrrole nitrogens is 1. The summed E-state index contributed by atoms with van der Waals surface area (Å²) in [5, 5.41) is 12.2. The number of thioether (sulfide) groups is 1. The normalized spacial score (nSPS) is 11.2. The molecule has 0 unspecified atom stereocenters. The smallest absolute Gasteiger partial charge is 0.283 e. The predicted octanol–water partition coefficient (Wildman–Crippen LogP) is 3.50. The van der Waals surface area contributed by atoms with Gasteiger partial charge < -0.3 is 4.98 Å². The van der Waals surface area contributed by atoms with Crippen LogP contribution < -0.4 is 5.56 Å². The fourth-order valence-electron chi connectivity index (χ4n) is 2.83. The number of rotatable bonds is 3. The predicted molar refractivity (Wildman–Crippen MR) is 97.6 cm³/mol. The van der Waals surface area contributed by atoms with Crippen molar-refractivity contribution in [2.24, 2.45) is 0 Å². The van der Waals surface area contributed by atoms with Gasteiger partial charge in [0, 0.05) is 23.0 Å². The average Bonchev–Trinajstić information content (AvgIpc) is 3.01. The molecule has 2 heterocycles. The lowest BCUT2D eigenvalue weighted by molar-refractivity contribution is -0.384. The van der Waals surface area contributed by atoms with E-state index in [2.05, 4.69) is 9.97 Å². The molecular weight excluding hydrogens is 340 g/mol. The molecule has 8 heteroatoms. The van der Waals surface area contributed by atoms with E-state index in [1.54, 1.807) is 12.1 Å². The zero-order valence-electron chi connectivity index (χ0n) is 13.1. The summed E-state index contributed by atoms with van der Waals surface area (Å²) in [7, 11) is 0. The van der Waals surface area contributed by atoms with E-state index < -0.39 is 4.92 Å². The standard InChI is InChI=1S/C17H12N4O3S/c1-25-17-19-14-12-4-2-3-5-13(12)18-15(14)16(22)20(17)10-6-8-11(9-7-10)21(23)24/h2-9,18H,1H3. The Morgan fingerprint density at radius 1 is 1.16 bits per heavy atom. The second-order valence-electron chi connectivity index (χ2n) is 5.41. The Hall–Kier alpha value is -3.13. The third-order valence-corrected chi connectivity index (χ3v) is 4.63. The number of aromatic nitrogens is 3. The van der Waals surface area contributed by atoms with E-state index in [-0.39, 0.29) is 11.2 Å². The van der Waals surface area contributed by atoms with Crippen LogP contribution in [0.25, 0.3) is 27.6 Å². The first kappa shape index (κ1) is 15.4. The van der Waals surface area contributed by atoms with E-state index in [4.69, 9.17) is 0 Å². The van der Waals surface area contributed by atoms with Crippen LogP contribution in [0.3, 0.4) is 0 Å². The summed E-state index contributed by atoms with van der Waals surface area (Å²) in [6.07, 6.45) is 1.84. The minimum absolute atomic E-state index is 0.0258. The van der Waals surface area contributed by atoms with Crippen LogP contribution in [0.2, 0.25) is 0 Å². The number of nitrogens with zero attached hydrogens (tertiary/aromatic N) is 3. The van der Waals surface area contributed by atoms with Crippen LogP contribution in [-0.2, 0) is 0 Å². The molecule has 124 valence electrons. The highest BCUT2D eigenvalue weighted by Gasteiger charge is 2.16. The Morgan fingerprint density at radius 3 is 2.56 bits per heavy atom. The number of benzene rings is 2. The zero-order chi connectivity index (χ0) is 17.6. The summed E-state index contributed by atoms with van der Waals surface area (Å²) in [5.74, 6) is 0. The molecule has 0 aliphatic rings. The molecule has 0 atom stereocenters. The fourth-order valence-corrected chi connectivity index (χ4v) is 3.38. The highest BCUT2D eigenvalue weighted by molar-refractivity contribution is 7.98. The van der Waals surface area contributed by atoms with Crippen LogP contribution in [0, 0.1) is 10.1 Å². The van der Waals surface area contributed by atoms with Crippen molar-refractivity contribution in [3.63, 3.8) is 0 Å². The SMILES string of the molecule is CSc1nc2c([nH]c3ccccc32)c(=O)n1-c1ccc([N+](=O)[O-])cc1. The van der Waals surface area contributed by atoms with Gasteiger partial charge in [-0.25, -0.2) is 4.98 Å². The number of aromatic amines is 1. The van der Waals surface area contributed by atoms with Crippen molar-refractivity contribution < 1.29 is 4.92 Å². The fraction of sp³-hybridized carbons (Fsp3) is 0.0588. The first-order valence-electron chi connectivity index (χ1n) is 7.42. The first-order chi connectivity index (χ1) is 12.1. The van der Waals surface area contributed by atoms with Crippen LogP contribution in [0.4, 0.5) is 5.69 Å². The molecule has 0 saturated carbocycles. The molecule has 4 rings (SSSR count). The number of nitro benzene ring substituents is 1. The molecule has 1 N–H and O–H groups in total. The summed E-state index contributed by atoms with van der Waals surface area (Å²) in [4.78, 5) is 31.2. The Kier molecular flexibility index (Phi) is 3.54. The van der Waals surface area contributed by atoms with Crippen molar-refractivity contribution in [2.45, 2.75) is 5.16 Å². The first-order valence-corrected chi connectivity index (χ1v) is 8.65.